The third kappa shape index (κ3) is 1.86. The van der Waals surface area contributed by atoms with Crippen molar-refractivity contribution in [1.29, 1.82) is 0 Å². The van der Waals surface area contributed by atoms with Crippen LogP contribution in [0, 0.1) is 0 Å². The molecule has 0 radical (unpaired) electrons. The fraction of sp³-hybridized carbons (Fsp3) is 0.333. The van der Waals surface area contributed by atoms with Crippen LogP contribution in [0.5, 0.6) is 0 Å². The summed E-state index contributed by atoms with van der Waals surface area (Å²) in [6.07, 6.45) is 3.65. The molecular weight excluding hydrogens is 188 g/mol. The van der Waals surface area contributed by atoms with Crippen LogP contribution in [0.3, 0.4) is 0 Å². The normalized spacial score (nSPS) is 10.5. The molecule has 0 fully saturated rings. The zero-order valence-electron chi connectivity index (χ0n) is 7.03. The summed E-state index contributed by atoms with van der Waals surface area (Å²) in [5.41, 5.74) is 0. The number of hydrogen-bond donors (Lipinski definition) is 0. The van der Waals surface area contributed by atoms with Crippen LogP contribution in [0.2, 0.25) is 0 Å². The molecule has 0 N–H and O–H groups in total. The topological polar surface area (TPSA) is 61.4 Å². The van der Waals surface area contributed by atoms with Crippen LogP contribution < -0.4 is 0 Å². The molecule has 0 spiro atoms. The molecule has 0 saturated heterocycles. The first-order valence-corrected chi connectivity index (χ1v) is 4.67. The number of hydrogen-bond acceptors (Lipinski definition) is 5. The summed E-state index contributed by atoms with van der Waals surface area (Å²) in [7, 11) is 1.81. The lowest BCUT2D eigenvalue weighted by molar-refractivity contribution is 0.661. The Morgan fingerprint density at radius 3 is 3.08 bits per heavy atom. The summed E-state index contributed by atoms with van der Waals surface area (Å²) < 4.78 is 3.45. The molecule has 7 heteroatoms. The van der Waals surface area contributed by atoms with Crippen LogP contribution in [0.15, 0.2) is 23.6 Å². The van der Waals surface area contributed by atoms with Gasteiger partial charge in [0.15, 0.2) is 0 Å². The van der Waals surface area contributed by atoms with Gasteiger partial charge in [-0.25, -0.2) is 4.68 Å². The quantitative estimate of drug-likeness (QED) is 0.654. The highest BCUT2D eigenvalue weighted by molar-refractivity contribution is 7.98. The van der Waals surface area contributed by atoms with Gasteiger partial charge in [0.05, 0.1) is 5.88 Å². The average molecular weight is 196 g/mol. The van der Waals surface area contributed by atoms with Crippen LogP contribution in [-0.4, -0.2) is 30.0 Å². The Morgan fingerprint density at radius 1 is 1.54 bits per heavy atom. The summed E-state index contributed by atoms with van der Waals surface area (Å²) in [4.78, 5) is 0. The summed E-state index contributed by atoms with van der Waals surface area (Å²) in [5.74, 6) is 0.723. The maximum Gasteiger partial charge on any atom is 0.210 e. The lowest BCUT2D eigenvalue weighted by Gasteiger charge is -1.98. The molecule has 0 aliphatic carbocycles. The van der Waals surface area contributed by atoms with Gasteiger partial charge < -0.3 is 0 Å². The maximum absolute atomic E-state index is 4.06. The van der Waals surface area contributed by atoms with Crippen molar-refractivity contribution in [3.63, 3.8) is 0 Å². The minimum atomic E-state index is 0.723. The first-order valence-electron chi connectivity index (χ1n) is 3.69. The lowest BCUT2D eigenvalue weighted by atomic mass is 10.8. The van der Waals surface area contributed by atoms with Crippen molar-refractivity contribution in [2.24, 2.45) is 7.05 Å². The number of aryl methyl sites for hydroxylation is 1. The molecule has 0 bridgehead atoms. The van der Waals surface area contributed by atoms with Crippen LogP contribution in [0.4, 0.5) is 0 Å². The van der Waals surface area contributed by atoms with Crippen molar-refractivity contribution >= 4 is 11.8 Å². The number of rotatable bonds is 3. The molecule has 0 amide bonds. The molecule has 2 heterocycles. The predicted octanol–water partition coefficient (Wildman–Crippen LogP) is 0.156. The van der Waals surface area contributed by atoms with Gasteiger partial charge in [-0.15, -0.1) is 5.10 Å². The first kappa shape index (κ1) is 8.24. The monoisotopic (exact) mass is 196 g/mol. The van der Waals surface area contributed by atoms with Crippen molar-refractivity contribution in [2.75, 3.05) is 0 Å². The molecule has 13 heavy (non-hydrogen) atoms. The predicted molar refractivity (Wildman–Crippen MR) is 46.9 cm³/mol. The second-order valence-corrected chi connectivity index (χ2v) is 3.32. The van der Waals surface area contributed by atoms with E-state index in [1.54, 1.807) is 10.9 Å². The van der Waals surface area contributed by atoms with E-state index in [4.69, 9.17) is 0 Å². The molecule has 2 aromatic heterocycles. The van der Waals surface area contributed by atoms with E-state index < -0.39 is 0 Å². The molecule has 2 aromatic rings. The standard InChI is InChI=1S/C6H8N6S/c1-11-6(8-9-10-11)13-5-12-4-2-3-7-12/h2-4H,5H2,1H3. The molecule has 0 unspecified atom stereocenters. The molecule has 6 nitrogen and oxygen atoms in total. The van der Waals surface area contributed by atoms with E-state index in [2.05, 4.69) is 20.6 Å². The second-order valence-electron chi connectivity index (χ2n) is 2.40. The minimum Gasteiger partial charge on any atom is -0.262 e. The van der Waals surface area contributed by atoms with Crippen LogP contribution >= 0.6 is 11.8 Å². The number of tetrazole rings is 1. The van der Waals surface area contributed by atoms with Gasteiger partial charge in [0.25, 0.3) is 0 Å². The molecule has 68 valence electrons. The zero-order chi connectivity index (χ0) is 9.10. The Kier molecular flexibility index (Phi) is 2.26. The van der Waals surface area contributed by atoms with Crippen LogP contribution in [0.25, 0.3) is 0 Å². The summed E-state index contributed by atoms with van der Waals surface area (Å²) in [6, 6.07) is 1.88. The highest BCUT2D eigenvalue weighted by Gasteiger charge is 2.02. The second kappa shape index (κ2) is 3.56. The first-order chi connectivity index (χ1) is 6.36. The molecule has 0 aromatic carbocycles. The van der Waals surface area contributed by atoms with Gasteiger partial charge in [-0.1, -0.05) is 11.8 Å². The van der Waals surface area contributed by atoms with Gasteiger partial charge in [0, 0.05) is 19.4 Å². The van der Waals surface area contributed by atoms with Crippen molar-refractivity contribution in [2.45, 2.75) is 11.0 Å². The van der Waals surface area contributed by atoms with Gasteiger partial charge in [-0.2, -0.15) is 5.10 Å². The molecule has 0 saturated carbocycles. The van der Waals surface area contributed by atoms with Gasteiger partial charge in [0.2, 0.25) is 5.16 Å². The Morgan fingerprint density at radius 2 is 2.46 bits per heavy atom. The Hall–Kier alpha value is -1.37. The fourth-order valence-corrected chi connectivity index (χ4v) is 1.56. The van der Waals surface area contributed by atoms with E-state index in [0.29, 0.717) is 0 Å². The third-order valence-electron chi connectivity index (χ3n) is 1.47. The van der Waals surface area contributed by atoms with Gasteiger partial charge in [-0.05, 0) is 16.5 Å². The molecule has 0 atom stereocenters. The van der Waals surface area contributed by atoms with Crippen LogP contribution in [0.1, 0.15) is 0 Å². The Bertz CT molecular complexity index is 366. The highest BCUT2D eigenvalue weighted by Crippen LogP contribution is 2.13. The van der Waals surface area contributed by atoms with E-state index in [0.717, 1.165) is 11.0 Å². The van der Waals surface area contributed by atoms with E-state index in [1.807, 2.05) is 24.0 Å². The van der Waals surface area contributed by atoms with E-state index in [1.165, 1.54) is 11.8 Å². The Balaban J connectivity index is 1.97. The van der Waals surface area contributed by atoms with Crippen molar-refractivity contribution in [3.05, 3.63) is 18.5 Å². The number of nitrogens with zero attached hydrogens (tertiary/aromatic N) is 6. The zero-order valence-corrected chi connectivity index (χ0v) is 7.85. The van der Waals surface area contributed by atoms with Crippen molar-refractivity contribution in [1.82, 2.24) is 30.0 Å². The number of aromatic nitrogens is 6. The maximum atomic E-state index is 4.06. The van der Waals surface area contributed by atoms with E-state index in [-0.39, 0.29) is 0 Å². The molecule has 0 aliphatic rings. The summed E-state index contributed by atoms with van der Waals surface area (Å²) >= 11 is 1.54. The van der Waals surface area contributed by atoms with Gasteiger partial charge >= 0.3 is 0 Å². The molecular formula is C6H8N6S. The van der Waals surface area contributed by atoms with E-state index >= 15 is 0 Å². The molecule has 2 rings (SSSR count). The minimum absolute atomic E-state index is 0.723. The Labute approximate surface area is 78.9 Å². The van der Waals surface area contributed by atoms with Crippen LogP contribution in [-0.2, 0) is 12.9 Å². The lowest BCUT2D eigenvalue weighted by Crippen LogP contribution is -1.98. The van der Waals surface area contributed by atoms with Gasteiger partial charge in [0.1, 0.15) is 0 Å². The average Bonchev–Trinajstić information content (AvgIpc) is 2.72. The largest absolute Gasteiger partial charge is 0.262 e. The SMILES string of the molecule is Cn1nnnc1SCn1cccn1. The highest BCUT2D eigenvalue weighted by atomic mass is 32.2. The number of thioether (sulfide) groups is 1. The third-order valence-corrected chi connectivity index (χ3v) is 2.46. The summed E-state index contributed by atoms with van der Waals surface area (Å²) in [6.45, 7) is 0. The van der Waals surface area contributed by atoms with E-state index in [9.17, 15) is 0 Å². The van der Waals surface area contributed by atoms with Crippen molar-refractivity contribution in [3.8, 4) is 0 Å². The smallest absolute Gasteiger partial charge is 0.210 e. The molecule has 0 aliphatic heterocycles. The van der Waals surface area contributed by atoms with Crippen molar-refractivity contribution < 1.29 is 0 Å². The fourth-order valence-electron chi connectivity index (χ4n) is 0.844. The summed E-state index contributed by atoms with van der Waals surface area (Å²) in [5, 5.41) is 15.9. The van der Waals surface area contributed by atoms with Gasteiger partial charge in [-0.3, -0.25) is 4.68 Å².